The summed E-state index contributed by atoms with van der Waals surface area (Å²) in [6.07, 6.45) is 4.96. The summed E-state index contributed by atoms with van der Waals surface area (Å²) in [5, 5.41) is 3.01. The van der Waals surface area contributed by atoms with Crippen LogP contribution in [-0.4, -0.2) is 50.0 Å². The summed E-state index contributed by atoms with van der Waals surface area (Å²) in [5.41, 5.74) is 1.86. The van der Waals surface area contributed by atoms with E-state index in [0.717, 1.165) is 41.8 Å². The lowest BCUT2D eigenvalue weighted by Crippen LogP contribution is -2.52. The van der Waals surface area contributed by atoms with E-state index in [0.29, 0.717) is 11.3 Å². The molecule has 1 N–H and O–H groups in total. The molecule has 1 aliphatic carbocycles. The van der Waals surface area contributed by atoms with Crippen molar-refractivity contribution in [2.24, 2.45) is 0 Å². The molecule has 1 atom stereocenters. The molecule has 0 spiro atoms. The van der Waals surface area contributed by atoms with Crippen LogP contribution in [0.25, 0.3) is 0 Å². The zero-order valence-corrected chi connectivity index (χ0v) is 20.6. The van der Waals surface area contributed by atoms with Gasteiger partial charge in [-0.2, -0.15) is 0 Å². The Morgan fingerprint density at radius 1 is 1.12 bits per heavy atom. The minimum Gasteiger partial charge on any atom is -0.352 e. The molecule has 184 valence electrons. The second-order valence-corrected chi connectivity index (χ2v) is 10.8. The average Bonchev–Trinajstić information content (AvgIpc) is 3.28. The number of rotatable bonds is 9. The van der Waals surface area contributed by atoms with Crippen molar-refractivity contribution in [3.05, 3.63) is 65.5 Å². The second-order valence-electron chi connectivity index (χ2n) is 8.92. The highest BCUT2D eigenvalue weighted by molar-refractivity contribution is 7.92. The second kappa shape index (κ2) is 11.0. The van der Waals surface area contributed by atoms with E-state index in [1.54, 1.807) is 37.3 Å². The third-order valence-corrected chi connectivity index (χ3v) is 7.24. The first-order valence-corrected chi connectivity index (χ1v) is 13.3. The molecule has 9 heteroatoms. The maximum atomic E-state index is 13.5. The number of carbonyl (C=O) groups excluding carboxylic acids is 2. The van der Waals surface area contributed by atoms with Gasteiger partial charge < -0.3 is 10.2 Å². The van der Waals surface area contributed by atoms with E-state index < -0.39 is 34.3 Å². The largest absolute Gasteiger partial charge is 0.352 e. The van der Waals surface area contributed by atoms with Crippen molar-refractivity contribution in [3.63, 3.8) is 0 Å². The highest BCUT2D eigenvalue weighted by atomic mass is 32.2. The van der Waals surface area contributed by atoms with Gasteiger partial charge in [0.05, 0.1) is 11.9 Å². The number of anilines is 1. The molecule has 7 nitrogen and oxygen atoms in total. The zero-order valence-electron chi connectivity index (χ0n) is 19.8. The van der Waals surface area contributed by atoms with Crippen molar-refractivity contribution in [2.75, 3.05) is 17.1 Å². The minimum absolute atomic E-state index is 0.0454. The Balaban J connectivity index is 1.87. The molecule has 34 heavy (non-hydrogen) atoms. The first kappa shape index (κ1) is 25.7. The molecule has 0 bridgehead atoms. The molecule has 0 aromatic heterocycles. The number of sulfonamides is 1. The van der Waals surface area contributed by atoms with Gasteiger partial charge in [0.25, 0.3) is 0 Å². The molecule has 0 radical (unpaired) electrons. The lowest BCUT2D eigenvalue weighted by Gasteiger charge is -2.32. The van der Waals surface area contributed by atoms with Crippen LogP contribution < -0.4 is 9.62 Å². The lowest BCUT2D eigenvalue weighted by molar-refractivity contribution is -0.139. The number of halogens is 1. The van der Waals surface area contributed by atoms with E-state index in [2.05, 4.69) is 5.32 Å². The van der Waals surface area contributed by atoms with E-state index in [1.165, 1.54) is 17.0 Å². The summed E-state index contributed by atoms with van der Waals surface area (Å²) in [6, 6.07) is 11.8. The average molecular weight is 490 g/mol. The van der Waals surface area contributed by atoms with Crippen molar-refractivity contribution >= 4 is 27.5 Å². The fraction of sp³-hybridized carbons (Fsp3) is 0.440. The van der Waals surface area contributed by atoms with Gasteiger partial charge in [-0.1, -0.05) is 37.1 Å². The summed E-state index contributed by atoms with van der Waals surface area (Å²) in [5.74, 6) is -1.22. The van der Waals surface area contributed by atoms with E-state index in [1.807, 2.05) is 13.0 Å². The normalized spacial score (nSPS) is 15.1. The van der Waals surface area contributed by atoms with Crippen molar-refractivity contribution in [2.45, 2.75) is 58.2 Å². The molecule has 0 unspecified atom stereocenters. The smallest absolute Gasteiger partial charge is 0.244 e. The minimum atomic E-state index is -3.77. The molecule has 1 saturated carbocycles. The standard InChI is InChI=1S/C25H32FN3O4S/c1-18-7-6-10-23(15-18)29(34(3,32)33)17-24(30)28(16-20-11-13-21(26)14-12-20)19(2)25(31)27-22-8-4-5-9-22/h6-7,10-15,19,22H,4-5,8-9,16-17H2,1-3H3,(H,27,31)/t19-/m0/s1. The molecule has 0 heterocycles. The third kappa shape index (κ3) is 6.79. The molecule has 0 aliphatic heterocycles. The van der Waals surface area contributed by atoms with Gasteiger partial charge in [-0.15, -0.1) is 0 Å². The first-order valence-electron chi connectivity index (χ1n) is 11.4. The number of nitrogens with zero attached hydrogens (tertiary/aromatic N) is 2. The van der Waals surface area contributed by atoms with Gasteiger partial charge in [0.1, 0.15) is 18.4 Å². The number of aryl methyl sites for hydroxylation is 1. The number of carbonyl (C=O) groups is 2. The third-order valence-electron chi connectivity index (χ3n) is 6.10. The summed E-state index contributed by atoms with van der Waals surface area (Å²) in [6.45, 7) is 3.06. The molecule has 2 aromatic carbocycles. The monoisotopic (exact) mass is 489 g/mol. The van der Waals surface area contributed by atoms with Crippen LogP contribution >= 0.6 is 0 Å². The van der Waals surface area contributed by atoms with E-state index in [9.17, 15) is 22.4 Å². The number of amides is 2. The molecule has 2 aromatic rings. The summed E-state index contributed by atoms with van der Waals surface area (Å²) in [4.78, 5) is 27.8. The Hall–Kier alpha value is -2.94. The number of hydrogen-bond acceptors (Lipinski definition) is 4. The topological polar surface area (TPSA) is 86.8 Å². The van der Waals surface area contributed by atoms with Gasteiger partial charge in [-0.25, -0.2) is 12.8 Å². The van der Waals surface area contributed by atoms with Crippen LogP contribution in [0.1, 0.15) is 43.7 Å². The molecule has 3 rings (SSSR count). The van der Waals surface area contributed by atoms with Gasteiger partial charge in [0.2, 0.25) is 21.8 Å². The number of hydrogen-bond donors (Lipinski definition) is 1. The Kier molecular flexibility index (Phi) is 8.30. The lowest BCUT2D eigenvalue weighted by atomic mass is 10.1. The number of benzene rings is 2. The Morgan fingerprint density at radius 2 is 1.76 bits per heavy atom. The maximum Gasteiger partial charge on any atom is 0.244 e. The summed E-state index contributed by atoms with van der Waals surface area (Å²) < 4.78 is 39.6. The quantitative estimate of drug-likeness (QED) is 0.585. The van der Waals surface area contributed by atoms with E-state index in [4.69, 9.17) is 0 Å². The molecule has 1 aliphatic rings. The molecular weight excluding hydrogens is 457 g/mol. The molecule has 0 saturated heterocycles. The van der Waals surface area contributed by atoms with Gasteiger partial charge in [0, 0.05) is 12.6 Å². The van der Waals surface area contributed by atoms with E-state index in [-0.39, 0.29) is 18.5 Å². The van der Waals surface area contributed by atoms with Crippen LogP contribution in [0.3, 0.4) is 0 Å². The highest BCUT2D eigenvalue weighted by Crippen LogP contribution is 2.21. The fourth-order valence-electron chi connectivity index (χ4n) is 4.16. The van der Waals surface area contributed by atoms with Crippen LogP contribution in [0.15, 0.2) is 48.5 Å². The Morgan fingerprint density at radius 3 is 2.35 bits per heavy atom. The Labute approximate surface area is 201 Å². The first-order chi connectivity index (χ1) is 16.0. The SMILES string of the molecule is Cc1cccc(N(CC(=O)N(Cc2ccc(F)cc2)[C@@H](C)C(=O)NC2CCCC2)S(C)(=O)=O)c1. The van der Waals surface area contributed by atoms with E-state index >= 15 is 0 Å². The van der Waals surface area contributed by atoms with Crippen LogP contribution in [0, 0.1) is 12.7 Å². The molecule has 2 amide bonds. The zero-order chi connectivity index (χ0) is 24.9. The highest BCUT2D eigenvalue weighted by Gasteiger charge is 2.31. The predicted molar refractivity (Wildman–Crippen MR) is 130 cm³/mol. The van der Waals surface area contributed by atoms with Crippen LogP contribution in [0.5, 0.6) is 0 Å². The van der Waals surface area contributed by atoms with Crippen molar-refractivity contribution in [3.8, 4) is 0 Å². The summed E-state index contributed by atoms with van der Waals surface area (Å²) in [7, 11) is -3.77. The van der Waals surface area contributed by atoms with Gasteiger partial charge in [-0.05, 0) is 62.1 Å². The van der Waals surface area contributed by atoms with Crippen LogP contribution in [0.2, 0.25) is 0 Å². The van der Waals surface area contributed by atoms with Crippen molar-refractivity contribution < 1.29 is 22.4 Å². The van der Waals surface area contributed by atoms with Gasteiger partial charge >= 0.3 is 0 Å². The molecule has 1 fully saturated rings. The number of nitrogens with one attached hydrogen (secondary N) is 1. The van der Waals surface area contributed by atoms with Crippen molar-refractivity contribution in [1.82, 2.24) is 10.2 Å². The predicted octanol–water partition coefficient (Wildman–Crippen LogP) is 3.38. The maximum absolute atomic E-state index is 13.5. The summed E-state index contributed by atoms with van der Waals surface area (Å²) >= 11 is 0. The van der Waals surface area contributed by atoms with Crippen molar-refractivity contribution in [1.29, 1.82) is 0 Å². The van der Waals surface area contributed by atoms with Gasteiger partial charge in [-0.3, -0.25) is 13.9 Å². The van der Waals surface area contributed by atoms with Crippen LogP contribution in [0.4, 0.5) is 10.1 Å². The van der Waals surface area contributed by atoms with Crippen LogP contribution in [-0.2, 0) is 26.2 Å². The fourth-order valence-corrected chi connectivity index (χ4v) is 5.00. The Bertz CT molecular complexity index is 1120. The molecular formula is C25H32FN3O4S. The van der Waals surface area contributed by atoms with Gasteiger partial charge in [0.15, 0.2) is 0 Å².